The first-order valence-corrected chi connectivity index (χ1v) is 6.41. The highest BCUT2D eigenvalue weighted by atomic mass is 19.1. The van der Waals surface area contributed by atoms with Gasteiger partial charge in [0, 0.05) is 20.2 Å². The van der Waals surface area contributed by atoms with Crippen LogP contribution in [0.3, 0.4) is 0 Å². The average Bonchev–Trinajstić information content (AvgIpc) is 2.81. The minimum Gasteiger partial charge on any atom is -0.491 e. The molecule has 1 saturated heterocycles. The van der Waals surface area contributed by atoms with Crippen molar-refractivity contribution in [1.29, 1.82) is 0 Å². The smallest absolute Gasteiger partial charge is 0.317 e. The minimum absolute atomic E-state index is 0.00165. The highest BCUT2D eigenvalue weighted by Crippen LogP contribution is 2.26. The summed E-state index contributed by atoms with van der Waals surface area (Å²) in [7, 11) is 1.60. The number of methoxy groups -OCH3 is 1. The minimum atomic E-state index is -0.851. The van der Waals surface area contributed by atoms with E-state index < -0.39 is 11.6 Å². The Hall–Kier alpha value is -1.66. The van der Waals surface area contributed by atoms with E-state index in [-0.39, 0.29) is 12.4 Å². The second kappa shape index (κ2) is 6.19. The summed E-state index contributed by atoms with van der Waals surface area (Å²) in [4.78, 5) is 12.5. The Morgan fingerprint density at radius 1 is 1.45 bits per heavy atom. The third kappa shape index (κ3) is 3.68. The Morgan fingerprint density at radius 2 is 2.15 bits per heavy atom. The highest BCUT2D eigenvalue weighted by Gasteiger charge is 2.39. The largest absolute Gasteiger partial charge is 0.491 e. The lowest BCUT2D eigenvalue weighted by atomic mass is 10.1. The zero-order chi connectivity index (χ0) is 14.6. The number of halogens is 1. The molecule has 1 N–H and O–H groups in total. The van der Waals surface area contributed by atoms with Crippen molar-refractivity contribution < 1.29 is 23.8 Å². The molecule has 0 unspecified atom stereocenters. The Morgan fingerprint density at radius 3 is 2.75 bits per heavy atom. The van der Waals surface area contributed by atoms with Crippen LogP contribution in [0.15, 0.2) is 24.3 Å². The summed E-state index contributed by atoms with van der Waals surface area (Å²) >= 11 is 0. The van der Waals surface area contributed by atoms with Crippen molar-refractivity contribution in [3.05, 3.63) is 30.1 Å². The van der Waals surface area contributed by atoms with E-state index in [9.17, 15) is 9.18 Å². The molecule has 2 rings (SSSR count). The van der Waals surface area contributed by atoms with Crippen molar-refractivity contribution in [3.63, 3.8) is 0 Å². The third-order valence-electron chi connectivity index (χ3n) is 3.50. The quantitative estimate of drug-likeness (QED) is 0.854. The van der Waals surface area contributed by atoms with Crippen LogP contribution in [0.2, 0.25) is 0 Å². The number of benzene rings is 1. The van der Waals surface area contributed by atoms with E-state index in [4.69, 9.17) is 14.6 Å². The lowest BCUT2D eigenvalue weighted by molar-refractivity contribution is -0.138. The van der Waals surface area contributed by atoms with Gasteiger partial charge in [-0.2, -0.15) is 0 Å². The van der Waals surface area contributed by atoms with Gasteiger partial charge in [-0.25, -0.2) is 4.39 Å². The molecule has 0 amide bonds. The Kier molecular flexibility index (Phi) is 4.57. The molecule has 1 atom stereocenters. The standard InChI is InChI=1S/C14H18FNO4/c1-19-14(6-7-16(9-14)8-13(17)18)10-20-12-4-2-11(15)3-5-12/h2-5H,6-10H2,1H3,(H,17,18)/t14-/m1/s1. The fourth-order valence-corrected chi connectivity index (χ4v) is 2.34. The highest BCUT2D eigenvalue weighted by molar-refractivity contribution is 5.69. The van der Waals surface area contributed by atoms with Crippen molar-refractivity contribution in [3.8, 4) is 5.75 Å². The fraction of sp³-hybridized carbons (Fsp3) is 0.500. The predicted octanol–water partition coefficient (Wildman–Crippen LogP) is 1.38. The average molecular weight is 283 g/mol. The summed E-state index contributed by atoms with van der Waals surface area (Å²) in [6.07, 6.45) is 0.706. The van der Waals surface area contributed by atoms with Crippen molar-refractivity contribution in [1.82, 2.24) is 4.90 Å². The van der Waals surface area contributed by atoms with Crippen molar-refractivity contribution in [2.75, 3.05) is 33.4 Å². The molecule has 0 bridgehead atoms. The van der Waals surface area contributed by atoms with Crippen LogP contribution in [0.25, 0.3) is 0 Å². The van der Waals surface area contributed by atoms with Crippen LogP contribution in [0, 0.1) is 5.82 Å². The van der Waals surface area contributed by atoms with Gasteiger partial charge >= 0.3 is 5.97 Å². The number of carboxylic acid groups (broad SMARTS) is 1. The summed E-state index contributed by atoms with van der Waals surface area (Å²) in [5.74, 6) is -0.594. The van der Waals surface area contributed by atoms with Gasteiger partial charge in [-0.05, 0) is 30.7 Å². The first kappa shape index (κ1) is 14.7. The molecule has 0 spiro atoms. The first-order valence-electron chi connectivity index (χ1n) is 6.41. The number of carboxylic acids is 1. The van der Waals surface area contributed by atoms with Gasteiger partial charge in [0.1, 0.15) is 23.8 Å². The van der Waals surface area contributed by atoms with Gasteiger partial charge in [0.25, 0.3) is 0 Å². The third-order valence-corrected chi connectivity index (χ3v) is 3.50. The van der Waals surface area contributed by atoms with Gasteiger partial charge in [0.15, 0.2) is 0 Å². The van der Waals surface area contributed by atoms with E-state index in [0.717, 1.165) is 0 Å². The molecule has 1 fully saturated rings. The van der Waals surface area contributed by atoms with Crippen molar-refractivity contribution >= 4 is 5.97 Å². The topological polar surface area (TPSA) is 59.0 Å². The monoisotopic (exact) mass is 283 g/mol. The Labute approximate surface area is 116 Å². The Bertz CT molecular complexity index is 465. The second-order valence-corrected chi connectivity index (χ2v) is 4.98. The van der Waals surface area contributed by atoms with Crippen LogP contribution in [-0.2, 0) is 9.53 Å². The van der Waals surface area contributed by atoms with E-state index in [1.807, 2.05) is 4.90 Å². The molecule has 20 heavy (non-hydrogen) atoms. The van der Waals surface area contributed by atoms with E-state index >= 15 is 0 Å². The number of carbonyl (C=O) groups is 1. The number of ether oxygens (including phenoxy) is 2. The van der Waals surface area contributed by atoms with Gasteiger partial charge in [0.2, 0.25) is 0 Å². The molecule has 1 aliphatic heterocycles. The molecule has 0 saturated carbocycles. The van der Waals surface area contributed by atoms with Crippen LogP contribution < -0.4 is 4.74 Å². The van der Waals surface area contributed by atoms with Crippen LogP contribution in [0.1, 0.15) is 6.42 Å². The van der Waals surface area contributed by atoms with Crippen molar-refractivity contribution in [2.45, 2.75) is 12.0 Å². The van der Waals surface area contributed by atoms with Gasteiger partial charge < -0.3 is 14.6 Å². The number of aliphatic carboxylic acids is 1. The number of hydrogen-bond donors (Lipinski definition) is 1. The maximum absolute atomic E-state index is 12.8. The molecule has 1 aromatic rings. The molecule has 0 radical (unpaired) electrons. The summed E-state index contributed by atoms with van der Waals surface area (Å²) in [5.41, 5.74) is -0.510. The molecule has 110 valence electrons. The maximum Gasteiger partial charge on any atom is 0.317 e. The zero-order valence-electron chi connectivity index (χ0n) is 11.3. The molecule has 5 nitrogen and oxygen atoms in total. The van der Waals surface area contributed by atoms with Gasteiger partial charge in [0.05, 0.1) is 6.54 Å². The van der Waals surface area contributed by atoms with Gasteiger partial charge in [-0.1, -0.05) is 0 Å². The van der Waals surface area contributed by atoms with Gasteiger partial charge in [-0.15, -0.1) is 0 Å². The molecule has 0 aliphatic carbocycles. The lowest BCUT2D eigenvalue weighted by Crippen LogP contribution is -2.42. The summed E-state index contributed by atoms with van der Waals surface area (Å²) in [6, 6.07) is 5.78. The number of rotatable bonds is 6. The lowest BCUT2D eigenvalue weighted by Gasteiger charge is -2.27. The molecule has 1 heterocycles. The molecule has 0 aromatic heterocycles. The number of likely N-dealkylation sites (tertiary alicyclic amines) is 1. The van der Waals surface area contributed by atoms with Crippen molar-refractivity contribution in [2.24, 2.45) is 0 Å². The number of nitrogens with zero attached hydrogens (tertiary/aromatic N) is 1. The maximum atomic E-state index is 12.8. The van der Waals surface area contributed by atoms with E-state index in [0.29, 0.717) is 31.9 Å². The predicted molar refractivity (Wildman–Crippen MR) is 70.3 cm³/mol. The summed E-state index contributed by atoms with van der Waals surface area (Å²) in [5, 5.41) is 8.80. The molecule has 6 heteroatoms. The van der Waals surface area contributed by atoms with Crippen LogP contribution >= 0.6 is 0 Å². The Balaban J connectivity index is 1.92. The van der Waals surface area contributed by atoms with Crippen LogP contribution in [-0.4, -0.2) is 54.9 Å². The first-order chi connectivity index (χ1) is 9.53. The normalized spacial score (nSPS) is 22.9. The van der Waals surface area contributed by atoms with E-state index in [2.05, 4.69) is 0 Å². The van der Waals surface area contributed by atoms with Crippen LogP contribution in [0.5, 0.6) is 5.75 Å². The van der Waals surface area contributed by atoms with E-state index in [1.165, 1.54) is 12.1 Å². The zero-order valence-corrected chi connectivity index (χ0v) is 11.3. The van der Waals surface area contributed by atoms with E-state index in [1.54, 1.807) is 19.2 Å². The number of hydrogen-bond acceptors (Lipinski definition) is 4. The molecule has 1 aliphatic rings. The van der Waals surface area contributed by atoms with Gasteiger partial charge in [-0.3, -0.25) is 9.69 Å². The summed E-state index contributed by atoms with van der Waals surface area (Å²) in [6.45, 7) is 1.48. The SMILES string of the molecule is CO[C@]1(COc2ccc(F)cc2)CCN(CC(=O)O)C1. The molecular weight excluding hydrogens is 265 g/mol. The second-order valence-electron chi connectivity index (χ2n) is 4.98. The molecular formula is C14H18FNO4. The fourth-order valence-electron chi connectivity index (χ4n) is 2.34. The summed E-state index contributed by atoms with van der Waals surface area (Å²) < 4.78 is 23.9. The molecule has 1 aromatic carbocycles. The van der Waals surface area contributed by atoms with Crippen LogP contribution in [0.4, 0.5) is 4.39 Å².